The quantitative estimate of drug-likeness (QED) is 0.256. The average Bonchev–Trinajstić information content (AvgIpc) is 2.44. The molecule has 2 heteroatoms. The Morgan fingerprint density at radius 1 is 1.00 bits per heavy atom. The Kier molecular flexibility index (Phi) is 12.9. The van der Waals surface area contributed by atoms with Gasteiger partial charge in [-0.1, -0.05) is 65.4 Å². The molecule has 0 radical (unpaired) electrons. The zero-order chi connectivity index (χ0) is 14.3. The highest BCUT2D eigenvalue weighted by molar-refractivity contribution is 5.88. The lowest BCUT2D eigenvalue weighted by molar-refractivity contribution is 0.503. The third-order valence-electron chi connectivity index (χ3n) is 3.39. The van der Waals surface area contributed by atoms with E-state index in [0.717, 1.165) is 12.3 Å². The lowest BCUT2D eigenvalue weighted by Gasteiger charge is -2.15. The predicted octanol–water partition coefficient (Wildman–Crippen LogP) is 5.79. The fourth-order valence-electron chi connectivity index (χ4n) is 2.18. The smallest absolute Gasteiger partial charge is 0.130 e. The fourth-order valence-corrected chi connectivity index (χ4v) is 2.18. The first-order chi connectivity index (χ1) is 9.29. The Morgan fingerprint density at radius 3 is 2.26 bits per heavy atom. The Labute approximate surface area is 120 Å². The zero-order valence-corrected chi connectivity index (χ0v) is 13.2. The van der Waals surface area contributed by atoms with Crippen LogP contribution < -0.4 is 0 Å². The average molecular weight is 264 g/mol. The number of amidine groups is 1. The van der Waals surface area contributed by atoms with Gasteiger partial charge < -0.3 is 0 Å². The van der Waals surface area contributed by atoms with Crippen molar-refractivity contribution in [2.75, 3.05) is 0 Å². The summed E-state index contributed by atoms with van der Waals surface area (Å²) in [4.78, 5) is 8.65. The number of rotatable bonds is 11. The molecule has 0 aliphatic carbocycles. The normalized spacial score (nSPS) is 13.9. The van der Waals surface area contributed by atoms with Gasteiger partial charge in [0.15, 0.2) is 0 Å². The molecule has 110 valence electrons. The van der Waals surface area contributed by atoms with E-state index in [1.165, 1.54) is 51.4 Å². The van der Waals surface area contributed by atoms with Gasteiger partial charge in [0.2, 0.25) is 0 Å². The number of aliphatic imine (C=N–C) groups is 2. The minimum Gasteiger partial charge on any atom is -0.249 e. The van der Waals surface area contributed by atoms with Crippen molar-refractivity contribution >= 4 is 12.6 Å². The van der Waals surface area contributed by atoms with Gasteiger partial charge in [0.25, 0.3) is 0 Å². The Bertz CT molecular complexity index is 266. The molecule has 0 amide bonds. The maximum Gasteiger partial charge on any atom is 0.130 e. The van der Waals surface area contributed by atoms with Crippen LogP contribution in [0, 0.1) is 5.92 Å². The zero-order valence-electron chi connectivity index (χ0n) is 13.2. The molecule has 0 aromatic rings. The van der Waals surface area contributed by atoms with E-state index < -0.39 is 0 Å². The van der Waals surface area contributed by atoms with Crippen molar-refractivity contribution < 1.29 is 0 Å². The van der Waals surface area contributed by atoms with Gasteiger partial charge in [-0.05, 0) is 26.0 Å². The highest BCUT2D eigenvalue weighted by atomic mass is 14.9. The van der Waals surface area contributed by atoms with Crippen molar-refractivity contribution in [2.24, 2.45) is 15.9 Å². The van der Waals surface area contributed by atoms with Crippen molar-refractivity contribution in [1.29, 1.82) is 0 Å². The molecule has 0 rings (SSSR count). The van der Waals surface area contributed by atoms with Gasteiger partial charge in [-0.25, -0.2) is 9.98 Å². The third-order valence-corrected chi connectivity index (χ3v) is 3.39. The molecule has 0 aromatic heterocycles. The summed E-state index contributed by atoms with van der Waals surface area (Å²) >= 11 is 0. The van der Waals surface area contributed by atoms with Gasteiger partial charge >= 0.3 is 0 Å². The fraction of sp³-hybridized carbons (Fsp3) is 0.765. The molecular formula is C17H32N2. The summed E-state index contributed by atoms with van der Waals surface area (Å²) in [6.07, 6.45) is 15.1. The second-order valence-electron chi connectivity index (χ2n) is 5.13. The molecule has 0 spiro atoms. The molecule has 0 saturated carbocycles. The molecule has 19 heavy (non-hydrogen) atoms. The van der Waals surface area contributed by atoms with Crippen LogP contribution in [0.25, 0.3) is 0 Å². The summed E-state index contributed by atoms with van der Waals surface area (Å²) in [5.41, 5.74) is 0. The van der Waals surface area contributed by atoms with Gasteiger partial charge in [-0.3, -0.25) is 0 Å². The molecule has 0 heterocycles. The number of hydrogen-bond donors (Lipinski definition) is 0. The summed E-state index contributed by atoms with van der Waals surface area (Å²) in [5.74, 6) is 1.44. The van der Waals surface area contributed by atoms with Crippen LogP contribution in [0.15, 0.2) is 22.3 Å². The highest BCUT2D eigenvalue weighted by Crippen LogP contribution is 2.20. The first-order valence-corrected chi connectivity index (χ1v) is 7.99. The van der Waals surface area contributed by atoms with Crippen LogP contribution in [-0.2, 0) is 0 Å². The lowest BCUT2D eigenvalue weighted by Crippen LogP contribution is -2.12. The molecule has 0 N–H and O–H groups in total. The van der Waals surface area contributed by atoms with E-state index in [0.29, 0.717) is 5.92 Å². The van der Waals surface area contributed by atoms with Crippen LogP contribution in [-0.4, -0.2) is 12.6 Å². The largest absolute Gasteiger partial charge is 0.249 e. The molecule has 0 bridgehead atoms. The third kappa shape index (κ3) is 9.63. The van der Waals surface area contributed by atoms with Crippen molar-refractivity contribution in [3.05, 3.63) is 12.3 Å². The minimum atomic E-state index is 0.496. The second kappa shape index (κ2) is 13.5. The van der Waals surface area contributed by atoms with Crippen LogP contribution in [0.2, 0.25) is 0 Å². The number of allylic oxidation sites excluding steroid dienone is 1. The molecule has 1 unspecified atom stereocenters. The topological polar surface area (TPSA) is 24.7 Å². The molecule has 0 fully saturated rings. The van der Waals surface area contributed by atoms with E-state index >= 15 is 0 Å². The summed E-state index contributed by atoms with van der Waals surface area (Å²) in [7, 11) is 0. The second-order valence-corrected chi connectivity index (χ2v) is 5.13. The van der Waals surface area contributed by atoms with Gasteiger partial charge in [-0.15, -0.1) is 0 Å². The molecule has 0 aromatic carbocycles. The van der Waals surface area contributed by atoms with Crippen LogP contribution in [0.3, 0.4) is 0 Å². The van der Waals surface area contributed by atoms with E-state index in [4.69, 9.17) is 0 Å². The summed E-state index contributed by atoms with van der Waals surface area (Å²) in [6, 6.07) is 0. The van der Waals surface area contributed by atoms with Crippen molar-refractivity contribution in [1.82, 2.24) is 0 Å². The maximum absolute atomic E-state index is 4.49. The molecule has 0 saturated heterocycles. The van der Waals surface area contributed by atoms with Crippen LogP contribution in [0.1, 0.15) is 78.6 Å². The molecule has 1 atom stereocenters. The van der Waals surface area contributed by atoms with Crippen molar-refractivity contribution in [2.45, 2.75) is 78.6 Å². The van der Waals surface area contributed by atoms with E-state index in [9.17, 15) is 0 Å². The Morgan fingerprint density at radius 2 is 1.68 bits per heavy atom. The number of hydrogen-bond acceptors (Lipinski definition) is 1. The maximum atomic E-state index is 4.49. The number of nitrogens with zero attached hydrogens (tertiary/aromatic N) is 2. The molecule has 2 nitrogen and oxygen atoms in total. The number of unbranched alkanes of at least 4 members (excludes halogenated alkanes) is 4. The first kappa shape index (κ1) is 18.1. The van der Waals surface area contributed by atoms with Gasteiger partial charge in [0.05, 0.1) is 0 Å². The van der Waals surface area contributed by atoms with Crippen LogP contribution in [0.4, 0.5) is 0 Å². The standard InChI is InChI=1S/C17H32N2/c1-5-8-11-12-14-16(13-9-6-2)17(18-4)19-15-10-7-3/h10,15-16H,4-9,11-14H2,1-3H3/b15-10-,19-17?. The minimum absolute atomic E-state index is 0.496. The lowest BCUT2D eigenvalue weighted by atomic mass is 9.94. The van der Waals surface area contributed by atoms with E-state index in [1.807, 2.05) is 6.20 Å². The van der Waals surface area contributed by atoms with Crippen molar-refractivity contribution in [3.8, 4) is 0 Å². The van der Waals surface area contributed by atoms with E-state index in [-0.39, 0.29) is 0 Å². The van der Waals surface area contributed by atoms with Crippen LogP contribution >= 0.6 is 0 Å². The van der Waals surface area contributed by atoms with Gasteiger partial charge in [0.1, 0.15) is 5.84 Å². The molecular weight excluding hydrogens is 232 g/mol. The molecule has 0 aliphatic rings. The monoisotopic (exact) mass is 264 g/mol. The van der Waals surface area contributed by atoms with E-state index in [2.05, 4.69) is 43.5 Å². The molecule has 0 aliphatic heterocycles. The van der Waals surface area contributed by atoms with E-state index in [1.54, 1.807) is 0 Å². The highest BCUT2D eigenvalue weighted by Gasteiger charge is 2.13. The van der Waals surface area contributed by atoms with Crippen molar-refractivity contribution in [3.63, 3.8) is 0 Å². The summed E-state index contributed by atoms with van der Waals surface area (Å²) in [6.45, 7) is 10.3. The Balaban J connectivity index is 4.44. The Hall–Kier alpha value is -0.920. The predicted molar refractivity (Wildman–Crippen MR) is 88.2 cm³/mol. The summed E-state index contributed by atoms with van der Waals surface area (Å²) in [5, 5.41) is 0. The van der Waals surface area contributed by atoms with Gasteiger partial charge in [0, 0.05) is 12.1 Å². The SMILES string of the molecule is C=NC(=N/C=C\CC)C(CCCC)CCCCCC. The first-order valence-electron chi connectivity index (χ1n) is 7.99. The van der Waals surface area contributed by atoms with Crippen LogP contribution in [0.5, 0.6) is 0 Å². The summed E-state index contributed by atoms with van der Waals surface area (Å²) < 4.78 is 0. The van der Waals surface area contributed by atoms with Gasteiger partial charge in [-0.2, -0.15) is 0 Å².